The van der Waals surface area contributed by atoms with E-state index in [4.69, 9.17) is 9.47 Å². The molecule has 2 atom stereocenters. The van der Waals surface area contributed by atoms with Gasteiger partial charge < -0.3 is 19.9 Å². The normalized spacial score (nSPS) is 33.4. The zero-order valence-electron chi connectivity index (χ0n) is 9.95. The van der Waals surface area contributed by atoms with Crippen LogP contribution in [0.5, 0.6) is 0 Å². The Bertz CT molecular complexity index is 291. The average molecular weight is 229 g/mol. The Labute approximate surface area is 95.1 Å². The summed E-state index contributed by atoms with van der Waals surface area (Å²) in [7, 11) is 0. The maximum Gasteiger partial charge on any atom is 0.228 e. The Morgan fingerprint density at radius 3 is 2.50 bits per heavy atom. The monoisotopic (exact) mass is 229 g/mol. The standard InChI is InChI=1S/C11H19NO4/c1-10(2,14)8-7(12-9(8)13)6-11(3)15-4-5-16-11/h7-8,14H,4-6H2,1-3H3,(H,12,13)/t7-,8+/m1/s1. The van der Waals surface area contributed by atoms with Crippen molar-refractivity contribution < 1.29 is 19.4 Å². The van der Waals surface area contributed by atoms with Crippen molar-refractivity contribution in [2.45, 2.75) is 44.6 Å². The number of amides is 1. The van der Waals surface area contributed by atoms with Gasteiger partial charge in [-0.25, -0.2) is 0 Å². The number of carbonyl (C=O) groups excluding carboxylic acids is 1. The topological polar surface area (TPSA) is 67.8 Å². The molecule has 0 unspecified atom stereocenters. The minimum atomic E-state index is -0.998. The van der Waals surface area contributed by atoms with Crippen LogP contribution in [0.15, 0.2) is 0 Å². The SMILES string of the molecule is CC1(C[C@H]2NC(=O)[C@H]2C(C)(C)O)OCCO1. The van der Waals surface area contributed by atoms with Crippen LogP contribution in [-0.2, 0) is 14.3 Å². The van der Waals surface area contributed by atoms with Crippen molar-refractivity contribution in [1.29, 1.82) is 0 Å². The third-order valence-electron chi connectivity index (χ3n) is 3.26. The third-order valence-corrected chi connectivity index (χ3v) is 3.26. The molecule has 0 aromatic rings. The van der Waals surface area contributed by atoms with Crippen LogP contribution >= 0.6 is 0 Å². The Balaban J connectivity index is 1.99. The number of hydrogen-bond acceptors (Lipinski definition) is 4. The van der Waals surface area contributed by atoms with Crippen molar-refractivity contribution in [3.05, 3.63) is 0 Å². The van der Waals surface area contributed by atoms with E-state index in [1.54, 1.807) is 13.8 Å². The molecule has 5 heteroatoms. The van der Waals surface area contributed by atoms with Crippen molar-refractivity contribution in [2.75, 3.05) is 13.2 Å². The highest BCUT2D eigenvalue weighted by atomic mass is 16.7. The highest BCUT2D eigenvalue weighted by Gasteiger charge is 2.51. The maximum atomic E-state index is 11.4. The smallest absolute Gasteiger partial charge is 0.228 e. The van der Waals surface area contributed by atoms with Gasteiger partial charge in [0.15, 0.2) is 5.79 Å². The van der Waals surface area contributed by atoms with E-state index in [0.717, 1.165) is 0 Å². The molecule has 2 rings (SSSR count). The van der Waals surface area contributed by atoms with Gasteiger partial charge in [-0.2, -0.15) is 0 Å². The van der Waals surface area contributed by atoms with Crippen molar-refractivity contribution in [1.82, 2.24) is 5.32 Å². The predicted octanol–water partition coefficient (Wildman–Crippen LogP) is 0.0250. The molecule has 16 heavy (non-hydrogen) atoms. The van der Waals surface area contributed by atoms with Crippen LogP contribution in [0, 0.1) is 5.92 Å². The third kappa shape index (κ3) is 2.07. The Morgan fingerprint density at radius 1 is 1.50 bits per heavy atom. The zero-order chi connectivity index (χ0) is 12.0. The molecule has 2 aliphatic rings. The molecule has 2 fully saturated rings. The van der Waals surface area contributed by atoms with Gasteiger partial charge in [0.25, 0.3) is 0 Å². The lowest BCUT2D eigenvalue weighted by Gasteiger charge is -2.45. The Hall–Kier alpha value is -0.650. The summed E-state index contributed by atoms with van der Waals surface area (Å²) in [5.74, 6) is -1.10. The Kier molecular flexibility index (Phi) is 2.72. The first-order valence-corrected chi connectivity index (χ1v) is 5.62. The summed E-state index contributed by atoms with van der Waals surface area (Å²) in [6.07, 6.45) is 0.577. The number of aliphatic hydroxyl groups is 1. The molecule has 0 saturated carbocycles. The molecule has 1 amide bonds. The summed E-state index contributed by atoms with van der Waals surface area (Å²) < 4.78 is 11.0. The van der Waals surface area contributed by atoms with E-state index in [2.05, 4.69) is 5.32 Å². The van der Waals surface area contributed by atoms with Crippen LogP contribution in [0.3, 0.4) is 0 Å². The molecule has 92 valence electrons. The second-order valence-corrected chi connectivity index (χ2v) is 5.28. The first-order valence-electron chi connectivity index (χ1n) is 5.62. The van der Waals surface area contributed by atoms with Gasteiger partial charge >= 0.3 is 0 Å². The van der Waals surface area contributed by atoms with Crippen LogP contribution in [0.25, 0.3) is 0 Å². The van der Waals surface area contributed by atoms with Gasteiger partial charge in [0, 0.05) is 12.5 Å². The van der Waals surface area contributed by atoms with Gasteiger partial charge in [-0.05, 0) is 20.8 Å². The van der Waals surface area contributed by atoms with E-state index in [9.17, 15) is 9.90 Å². The Morgan fingerprint density at radius 2 is 2.06 bits per heavy atom. The molecule has 2 saturated heterocycles. The number of nitrogens with one attached hydrogen (secondary N) is 1. The van der Waals surface area contributed by atoms with E-state index in [1.807, 2.05) is 6.92 Å². The largest absolute Gasteiger partial charge is 0.390 e. The van der Waals surface area contributed by atoms with Crippen LogP contribution in [0.1, 0.15) is 27.2 Å². The highest BCUT2D eigenvalue weighted by molar-refractivity contribution is 5.87. The molecule has 0 aromatic heterocycles. The second kappa shape index (κ2) is 3.68. The molecule has 2 aliphatic heterocycles. The van der Waals surface area contributed by atoms with Crippen molar-refractivity contribution in [3.8, 4) is 0 Å². The van der Waals surface area contributed by atoms with Gasteiger partial charge in [0.2, 0.25) is 5.91 Å². The summed E-state index contributed by atoms with van der Waals surface area (Å²) >= 11 is 0. The van der Waals surface area contributed by atoms with Gasteiger partial charge in [0.05, 0.1) is 24.7 Å². The van der Waals surface area contributed by atoms with Crippen molar-refractivity contribution in [3.63, 3.8) is 0 Å². The first kappa shape index (κ1) is 11.8. The van der Waals surface area contributed by atoms with Crippen LogP contribution in [0.4, 0.5) is 0 Å². The molecule has 0 spiro atoms. The van der Waals surface area contributed by atoms with Crippen LogP contribution in [-0.4, -0.2) is 41.7 Å². The lowest BCUT2D eigenvalue weighted by atomic mass is 9.75. The molecular weight excluding hydrogens is 210 g/mol. The fourth-order valence-corrected chi connectivity index (χ4v) is 2.50. The van der Waals surface area contributed by atoms with E-state index >= 15 is 0 Å². The number of hydrogen-bond donors (Lipinski definition) is 2. The van der Waals surface area contributed by atoms with Crippen LogP contribution in [0.2, 0.25) is 0 Å². The second-order valence-electron chi connectivity index (χ2n) is 5.28. The molecular formula is C11H19NO4. The summed E-state index contributed by atoms with van der Waals surface area (Å²) in [4.78, 5) is 11.4. The predicted molar refractivity (Wildman–Crippen MR) is 56.6 cm³/mol. The van der Waals surface area contributed by atoms with Gasteiger partial charge in [-0.3, -0.25) is 4.79 Å². The first-order chi connectivity index (χ1) is 7.32. The minimum Gasteiger partial charge on any atom is -0.390 e. The van der Waals surface area contributed by atoms with Crippen molar-refractivity contribution >= 4 is 5.91 Å². The number of rotatable bonds is 3. The summed E-state index contributed by atoms with van der Waals surface area (Å²) in [5.41, 5.74) is -0.998. The summed E-state index contributed by atoms with van der Waals surface area (Å²) in [5, 5.41) is 12.7. The van der Waals surface area contributed by atoms with Crippen molar-refractivity contribution in [2.24, 2.45) is 5.92 Å². The van der Waals surface area contributed by atoms with E-state index in [-0.39, 0.29) is 17.9 Å². The maximum absolute atomic E-state index is 11.4. The summed E-state index contributed by atoms with van der Waals surface area (Å²) in [6, 6.07) is -0.0735. The lowest BCUT2D eigenvalue weighted by Crippen LogP contribution is -2.66. The number of ether oxygens (including phenoxy) is 2. The molecule has 2 heterocycles. The van der Waals surface area contributed by atoms with E-state index in [1.165, 1.54) is 0 Å². The number of β-lactam (4-membered cyclic amide) rings is 1. The fourth-order valence-electron chi connectivity index (χ4n) is 2.50. The number of carbonyl (C=O) groups is 1. The van der Waals surface area contributed by atoms with Gasteiger partial charge in [0.1, 0.15) is 0 Å². The van der Waals surface area contributed by atoms with E-state index in [0.29, 0.717) is 19.6 Å². The zero-order valence-corrected chi connectivity index (χ0v) is 9.95. The van der Waals surface area contributed by atoms with Gasteiger partial charge in [-0.1, -0.05) is 0 Å². The molecule has 0 radical (unpaired) electrons. The quantitative estimate of drug-likeness (QED) is 0.670. The molecule has 0 aliphatic carbocycles. The van der Waals surface area contributed by atoms with Crippen LogP contribution < -0.4 is 5.32 Å². The van der Waals surface area contributed by atoms with E-state index < -0.39 is 11.4 Å². The molecule has 5 nitrogen and oxygen atoms in total. The molecule has 0 aromatic carbocycles. The average Bonchev–Trinajstić information content (AvgIpc) is 2.47. The molecule has 0 bridgehead atoms. The summed E-state index contributed by atoms with van der Waals surface area (Å²) in [6.45, 7) is 6.35. The highest BCUT2D eigenvalue weighted by Crippen LogP contribution is 2.34. The van der Waals surface area contributed by atoms with Gasteiger partial charge in [-0.15, -0.1) is 0 Å². The molecule has 2 N–H and O–H groups in total. The minimum absolute atomic E-state index is 0.0735. The lowest BCUT2D eigenvalue weighted by molar-refractivity contribution is -0.174. The fraction of sp³-hybridized carbons (Fsp3) is 0.909.